The van der Waals surface area contributed by atoms with Gasteiger partial charge in [-0.15, -0.1) is 0 Å². The van der Waals surface area contributed by atoms with Crippen molar-refractivity contribution in [1.29, 1.82) is 0 Å². The van der Waals surface area contributed by atoms with Crippen molar-refractivity contribution in [1.82, 2.24) is 20.4 Å². The molecule has 0 spiro atoms. The van der Waals surface area contributed by atoms with Gasteiger partial charge in [0.15, 0.2) is 5.96 Å². The van der Waals surface area contributed by atoms with Crippen molar-refractivity contribution >= 4 is 5.96 Å². The van der Waals surface area contributed by atoms with Crippen molar-refractivity contribution in [2.75, 3.05) is 65.6 Å². The van der Waals surface area contributed by atoms with Gasteiger partial charge in [0.2, 0.25) is 0 Å². The molecule has 0 aliphatic carbocycles. The summed E-state index contributed by atoms with van der Waals surface area (Å²) in [5, 5.41) is 6.87. The van der Waals surface area contributed by atoms with Crippen molar-refractivity contribution in [3.05, 3.63) is 0 Å². The fraction of sp³-hybridized carbons (Fsp3) is 0.947. The molecule has 6 nitrogen and oxygen atoms in total. The van der Waals surface area contributed by atoms with E-state index in [9.17, 15) is 0 Å². The van der Waals surface area contributed by atoms with Gasteiger partial charge in [-0.25, -0.2) is 0 Å². The lowest BCUT2D eigenvalue weighted by atomic mass is 10.0. The van der Waals surface area contributed by atoms with Crippen LogP contribution in [0.3, 0.4) is 0 Å². The number of nitrogens with zero attached hydrogens (tertiary/aromatic N) is 3. The summed E-state index contributed by atoms with van der Waals surface area (Å²) in [4.78, 5) is 9.91. The largest absolute Gasteiger partial charge is 0.379 e. The second-order valence-corrected chi connectivity index (χ2v) is 7.79. The standard InChI is InChI=1S/C19H39N5O/c1-4-20-18(21-9-5-6-10-23-11-7-8-12-23)22-17-19(2,3)24-13-15-25-16-14-24/h4-17H2,1-3H3,(H2,20,21,22). The Morgan fingerprint density at radius 1 is 1.04 bits per heavy atom. The summed E-state index contributed by atoms with van der Waals surface area (Å²) in [6, 6.07) is 0. The number of hydrogen-bond acceptors (Lipinski definition) is 4. The third kappa shape index (κ3) is 7.50. The number of ether oxygens (including phenoxy) is 1. The number of rotatable bonds is 9. The van der Waals surface area contributed by atoms with Gasteiger partial charge in [0.25, 0.3) is 0 Å². The number of hydrogen-bond donors (Lipinski definition) is 2. The van der Waals surface area contributed by atoms with E-state index >= 15 is 0 Å². The van der Waals surface area contributed by atoms with E-state index in [1.165, 1.54) is 45.3 Å². The summed E-state index contributed by atoms with van der Waals surface area (Å²) >= 11 is 0. The van der Waals surface area contributed by atoms with Crippen molar-refractivity contribution in [2.45, 2.75) is 52.0 Å². The van der Waals surface area contributed by atoms with Gasteiger partial charge in [-0.3, -0.25) is 9.89 Å². The van der Waals surface area contributed by atoms with Crippen LogP contribution in [0, 0.1) is 0 Å². The normalized spacial score (nSPS) is 20.8. The van der Waals surface area contributed by atoms with Gasteiger partial charge in [0.05, 0.1) is 19.8 Å². The second-order valence-electron chi connectivity index (χ2n) is 7.79. The van der Waals surface area contributed by atoms with E-state index in [0.717, 1.165) is 51.9 Å². The first kappa shape index (κ1) is 20.5. The molecule has 6 heteroatoms. The fourth-order valence-corrected chi connectivity index (χ4v) is 3.56. The highest BCUT2D eigenvalue weighted by Crippen LogP contribution is 2.16. The summed E-state index contributed by atoms with van der Waals surface area (Å²) in [6.07, 6.45) is 5.24. The quantitative estimate of drug-likeness (QED) is 0.374. The molecular weight excluding hydrogens is 314 g/mol. The van der Waals surface area contributed by atoms with Crippen molar-refractivity contribution < 1.29 is 4.74 Å². The average molecular weight is 354 g/mol. The van der Waals surface area contributed by atoms with E-state index in [4.69, 9.17) is 9.73 Å². The molecule has 0 saturated carbocycles. The zero-order chi connectivity index (χ0) is 18.0. The molecule has 0 atom stereocenters. The maximum atomic E-state index is 5.47. The van der Waals surface area contributed by atoms with Gasteiger partial charge in [-0.05, 0) is 66.1 Å². The van der Waals surface area contributed by atoms with Crippen molar-refractivity contribution in [2.24, 2.45) is 4.99 Å². The Balaban J connectivity index is 1.69. The van der Waals surface area contributed by atoms with Crippen LogP contribution in [0.1, 0.15) is 46.5 Å². The lowest BCUT2D eigenvalue weighted by Crippen LogP contribution is -2.52. The molecule has 0 unspecified atom stereocenters. The molecule has 2 heterocycles. The first-order valence-corrected chi connectivity index (χ1v) is 10.2. The fourth-order valence-electron chi connectivity index (χ4n) is 3.56. The molecule has 2 rings (SSSR count). The Hall–Kier alpha value is -0.850. The van der Waals surface area contributed by atoms with Gasteiger partial charge in [0, 0.05) is 31.7 Å². The zero-order valence-electron chi connectivity index (χ0n) is 16.6. The molecule has 25 heavy (non-hydrogen) atoms. The Kier molecular flexibility index (Phi) is 8.99. The summed E-state index contributed by atoms with van der Waals surface area (Å²) in [6.45, 7) is 16.9. The van der Waals surface area contributed by atoms with E-state index in [1.54, 1.807) is 0 Å². The predicted octanol–water partition coefficient (Wildman–Crippen LogP) is 1.53. The van der Waals surface area contributed by atoms with Gasteiger partial charge >= 0.3 is 0 Å². The smallest absolute Gasteiger partial charge is 0.191 e. The van der Waals surface area contributed by atoms with Crippen LogP contribution < -0.4 is 10.6 Å². The Morgan fingerprint density at radius 2 is 1.76 bits per heavy atom. The van der Waals surface area contributed by atoms with E-state index in [1.807, 2.05) is 0 Å². The van der Waals surface area contributed by atoms with Crippen LogP contribution in [-0.2, 0) is 4.74 Å². The third-order valence-electron chi connectivity index (χ3n) is 5.23. The maximum absolute atomic E-state index is 5.47. The summed E-state index contributed by atoms with van der Waals surface area (Å²) < 4.78 is 5.47. The SMILES string of the molecule is CCNC(=NCC(C)(C)N1CCOCC1)NCCCCN1CCCC1. The molecule has 0 bridgehead atoms. The molecule has 2 saturated heterocycles. The molecule has 0 aromatic carbocycles. The summed E-state index contributed by atoms with van der Waals surface area (Å²) in [7, 11) is 0. The lowest BCUT2D eigenvalue weighted by Gasteiger charge is -2.39. The highest BCUT2D eigenvalue weighted by Gasteiger charge is 2.28. The van der Waals surface area contributed by atoms with Crippen LogP contribution in [0.25, 0.3) is 0 Å². The van der Waals surface area contributed by atoms with Gasteiger partial charge in [-0.2, -0.15) is 0 Å². The lowest BCUT2D eigenvalue weighted by molar-refractivity contribution is -0.00683. The number of aliphatic imine (C=N–C) groups is 1. The molecule has 0 aromatic rings. The Bertz CT molecular complexity index is 387. The summed E-state index contributed by atoms with van der Waals surface area (Å²) in [5.74, 6) is 0.949. The molecular formula is C19H39N5O. The average Bonchev–Trinajstić information content (AvgIpc) is 3.13. The minimum Gasteiger partial charge on any atom is -0.379 e. The number of likely N-dealkylation sites (tertiary alicyclic amines) is 1. The zero-order valence-corrected chi connectivity index (χ0v) is 16.6. The number of unbranched alkanes of at least 4 members (excludes halogenated alkanes) is 1. The minimum absolute atomic E-state index is 0.0713. The number of morpholine rings is 1. The maximum Gasteiger partial charge on any atom is 0.191 e. The molecule has 2 N–H and O–H groups in total. The van der Waals surface area contributed by atoms with Crippen LogP contribution in [0.5, 0.6) is 0 Å². The number of nitrogens with one attached hydrogen (secondary N) is 2. The molecule has 0 radical (unpaired) electrons. The monoisotopic (exact) mass is 353 g/mol. The van der Waals surface area contributed by atoms with Crippen LogP contribution in [0.4, 0.5) is 0 Å². The van der Waals surface area contributed by atoms with Gasteiger partial charge in [0.1, 0.15) is 0 Å². The van der Waals surface area contributed by atoms with Crippen LogP contribution in [-0.4, -0.2) is 86.9 Å². The topological polar surface area (TPSA) is 52.1 Å². The van der Waals surface area contributed by atoms with E-state index in [0.29, 0.717) is 0 Å². The Morgan fingerprint density at radius 3 is 2.44 bits per heavy atom. The van der Waals surface area contributed by atoms with E-state index in [2.05, 4.69) is 41.2 Å². The summed E-state index contributed by atoms with van der Waals surface area (Å²) in [5.41, 5.74) is 0.0713. The third-order valence-corrected chi connectivity index (χ3v) is 5.23. The molecule has 2 aliphatic rings. The molecule has 2 fully saturated rings. The van der Waals surface area contributed by atoms with E-state index < -0.39 is 0 Å². The highest BCUT2D eigenvalue weighted by molar-refractivity contribution is 5.79. The van der Waals surface area contributed by atoms with Crippen molar-refractivity contribution in [3.8, 4) is 0 Å². The van der Waals surface area contributed by atoms with E-state index in [-0.39, 0.29) is 5.54 Å². The van der Waals surface area contributed by atoms with Gasteiger partial charge in [-0.1, -0.05) is 0 Å². The van der Waals surface area contributed by atoms with Crippen LogP contribution in [0.15, 0.2) is 4.99 Å². The Labute approximate surface area is 154 Å². The minimum atomic E-state index is 0.0713. The molecule has 146 valence electrons. The first-order valence-electron chi connectivity index (χ1n) is 10.2. The first-order chi connectivity index (χ1) is 12.1. The second kappa shape index (κ2) is 11.0. The number of guanidine groups is 1. The molecule has 0 amide bonds. The highest BCUT2D eigenvalue weighted by atomic mass is 16.5. The van der Waals surface area contributed by atoms with Crippen LogP contribution in [0.2, 0.25) is 0 Å². The van der Waals surface area contributed by atoms with Crippen molar-refractivity contribution in [3.63, 3.8) is 0 Å². The predicted molar refractivity (Wildman–Crippen MR) is 105 cm³/mol. The van der Waals surface area contributed by atoms with Crippen LogP contribution >= 0.6 is 0 Å². The molecule has 2 aliphatic heterocycles. The molecule has 0 aromatic heterocycles. The van der Waals surface area contributed by atoms with Gasteiger partial charge < -0.3 is 20.3 Å².